The zero-order chi connectivity index (χ0) is 26.8. The van der Waals surface area contributed by atoms with E-state index in [1.807, 2.05) is 0 Å². The fourth-order valence-electron chi connectivity index (χ4n) is 4.88. The van der Waals surface area contributed by atoms with Crippen LogP contribution < -0.4 is 11.1 Å². The average molecular weight is 510 g/mol. The maximum atomic E-state index is 14.3. The third-order valence-corrected chi connectivity index (χ3v) is 6.49. The van der Waals surface area contributed by atoms with Crippen molar-refractivity contribution < 1.29 is 37.8 Å². The molecule has 1 aromatic rings. The number of hydrogen-bond donors (Lipinski definition) is 3. The van der Waals surface area contributed by atoms with Crippen LogP contribution in [0, 0.1) is 5.92 Å². The van der Waals surface area contributed by atoms with E-state index in [9.17, 15) is 28.0 Å². The molecule has 1 fully saturated rings. The quantitative estimate of drug-likeness (QED) is 0.492. The van der Waals surface area contributed by atoms with Crippen molar-refractivity contribution in [3.05, 3.63) is 34.9 Å². The van der Waals surface area contributed by atoms with Gasteiger partial charge in [-0.2, -0.15) is 0 Å². The second-order valence-corrected chi connectivity index (χ2v) is 10.6. The summed E-state index contributed by atoms with van der Waals surface area (Å²) >= 11 is 0. The number of carboxylic acid groups (broad SMARTS) is 1. The zero-order valence-electron chi connectivity index (χ0n) is 20.7. The Morgan fingerprint density at radius 2 is 2.00 bits per heavy atom. The molecule has 0 unspecified atom stereocenters. The molecule has 1 saturated carbocycles. The number of aliphatic carboxylic acids is 1. The molecule has 3 atom stereocenters. The number of nitrogens with two attached hydrogens (primary N) is 1. The van der Waals surface area contributed by atoms with E-state index in [1.54, 1.807) is 39.0 Å². The van der Waals surface area contributed by atoms with Crippen LogP contribution in [0.4, 0.5) is 13.6 Å². The van der Waals surface area contributed by atoms with Gasteiger partial charge in [0.1, 0.15) is 11.6 Å². The van der Waals surface area contributed by atoms with Crippen molar-refractivity contribution >= 4 is 23.9 Å². The fourth-order valence-corrected chi connectivity index (χ4v) is 4.88. The Balaban J connectivity index is 1.76. The molecule has 1 aliphatic carbocycles. The van der Waals surface area contributed by atoms with Crippen LogP contribution in [-0.2, 0) is 27.3 Å². The Hall–Kier alpha value is -3.24. The smallest absolute Gasteiger partial charge is 0.407 e. The van der Waals surface area contributed by atoms with E-state index in [-0.39, 0.29) is 38.6 Å². The van der Waals surface area contributed by atoms with Crippen LogP contribution in [0.15, 0.2) is 18.2 Å². The molecule has 0 saturated heterocycles. The predicted molar refractivity (Wildman–Crippen MR) is 125 cm³/mol. The first-order valence-corrected chi connectivity index (χ1v) is 12.0. The molecule has 36 heavy (non-hydrogen) atoms. The fraction of sp³-hybridized carbons (Fsp3) is 0.600. The number of primary amides is 1. The lowest BCUT2D eigenvalue weighted by Crippen LogP contribution is -2.48. The highest BCUT2D eigenvalue weighted by Crippen LogP contribution is 2.39. The first-order chi connectivity index (χ1) is 16.6. The van der Waals surface area contributed by atoms with Gasteiger partial charge < -0.3 is 25.8 Å². The molecule has 0 radical (unpaired) electrons. The number of halogens is 2. The Bertz CT molecular complexity index is 1040. The summed E-state index contributed by atoms with van der Waals surface area (Å²) in [4.78, 5) is 49.3. The Morgan fingerprint density at radius 3 is 2.61 bits per heavy atom. The highest BCUT2D eigenvalue weighted by atomic mass is 19.3. The standard InChI is InChI=1S/C25H33F2N3O6/c1-24(2,3)36-23(35)29-18-8-9-25(26,27)12-15(18)10-14-4-5-17-16(11-14)13-30(22(17)34)19(21(28)33)6-7-20(31)32/h4-5,11,15,18-19H,6-10,12-13H2,1-3H3,(H2,28,33)(H,29,35)(H,31,32)/t15-,18-,19-/m0/s1. The lowest BCUT2D eigenvalue weighted by molar-refractivity contribution is -0.137. The van der Waals surface area contributed by atoms with Crippen molar-refractivity contribution in [3.63, 3.8) is 0 Å². The number of carbonyl (C=O) groups excluding carboxylic acids is 3. The lowest BCUT2D eigenvalue weighted by Gasteiger charge is -2.37. The van der Waals surface area contributed by atoms with Gasteiger partial charge >= 0.3 is 12.1 Å². The summed E-state index contributed by atoms with van der Waals surface area (Å²) in [5, 5.41) is 11.7. The molecule has 1 aliphatic heterocycles. The number of carbonyl (C=O) groups is 4. The minimum atomic E-state index is -2.85. The van der Waals surface area contributed by atoms with Crippen LogP contribution in [0.5, 0.6) is 0 Å². The zero-order valence-corrected chi connectivity index (χ0v) is 20.7. The van der Waals surface area contributed by atoms with Gasteiger partial charge in [0.05, 0.1) is 0 Å². The van der Waals surface area contributed by atoms with Crippen LogP contribution in [0.1, 0.15) is 74.4 Å². The Kier molecular flexibility index (Phi) is 7.90. The third kappa shape index (κ3) is 6.92. The van der Waals surface area contributed by atoms with Crippen molar-refractivity contribution in [1.29, 1.82) is 0 Å². The van der Waals surface area contributed by atoms with Gasteiger partial charge in [-0.3, -0.25) is 14.4 Å². The molecule has 198 valence electrons. The number of rotatable bonds is 8. The summed E-state index contributed by atoms with van der Waals surface area (Å²) in [5.74, 6) is -5.73. The molecular formula is C25H33F2N3O6. The van der Waals surface area contributed by atoms with Crippen LogP contribution in [0.3, 0.4) is 0 Å². The summed E-state index contributed by atoms with van der Waals surface area (Å²) in [6.07, 6.45) is -1.45. The summed E-state index contributed by atoms with van der Waals surface area (Å²) in [5.41, 5.74) is 6.39. The van der Waals surface area contributed by atoms with Gasteiger partial charge in [-0.25, -0.2) is 13.6 Å². The Morgan fingerprint density at radius 1 is 1.31 bits per heavy atom. The van der Waals surface area contributed by atoms with Crippen molar-refractivity contribution in [1.82, 2.24) is 10.2 Å². The molecule has 1 heterocycles. The number of alkyl carbamates (subject to hydrolysis) is 1. The first kappa shape index (κ1) is 27.3. The number of ether oxygens (including phenoxy) is 1. The molecule has 0 aromatic heterocycles. The number of amides is 3. The number of carboxylic acids is 1. The van der Waals surface area contributed by atoms with Gasteiger partial charge in [-0.1, -0.05) is 12.1 Å². The van der Waals surface area contributed by atoms with Crippen molar-refractivity contribution in [2.75, 3.05) is 0 Å². The van der Waals surface area contributed by atoms with Crippen molar-refractivity contribution in [3.8, 4) is 0 Å². The van der Waals surface area contributed by atoms with Crippen LogP contribution >= 0.6 is 0 Å². The number of benzene rings is 1. The molecule has 9 nitrogen and oxygen atoms in total. The Labute approximate surface area is 208 Å². The SMILES string of the molecule is CC(C)(C)OC(=O)N[C@H]1CCC(F)(F)C[C@@H]1Cc1ccc2c(c1)CN([C@@H](CCC(=O)O)C(N)=O)C2=O. The monoisotopic (exact) mass is 509 g/mol. The van der Waals surface area contributed by atoms with Crippen LogP contribution in [-0.4, -0.2) is 57.5 Å². The second kappa shape index (κ2) is 10.4. The second-order valence-electron chi connectivity index (χ2n) is 10.6. The topological polar surface area (TPSA) is 139 Å². The third-order valence-electron chi connectivity index (χ3n) is 6.49. The minimum absolute atomic E-state index is 0.0651. The van der Waals surface area contributed by atoms with Gasteiger partial charge in [0.25, 0.3) is 5.91 Å². The number of nitrogens with one attached hydrogen (secondary N) is 1. The van der Waals surface area contributed by atoms with E-state index >= 15 is 0 Å². The number of alkyl halides is 2. The van der Waals surface area contributed by atoms with E-state index < -0.39 is 59.8 Å². The maximum Gasteiger partial charge on any atom is 0.407 e. The molecule has 1 aromatic carbocycles. The number of hydrogen-bond acceptors (Lipinski definition) is 5. The normalized spacial score (nSPS) is 22.0. The van der Waals surface area contributed by atoms with Crippen LogP contribution in [0.25, 0.3) is 0 Å². The molecule has 2 aliphatic rings. The van der Waals surface area contributed by atoms with Crippen molar-refractivity contribution in [2.24, 2.45) is 11.7 Å². The van der Waals surface area contributed by atoms with Crippen molar-refractivity contribution in [2.45, 2.75) is 89.4 Å². The van der Waals surface area contributed by atoms with E-state index in [0.29, 0.717) is 16.7 Å². The average Bonchev–Trinajstić information content (AvgIpc) is 3.04. The molecule has 3 amide bonds. The van der Waals surface area contributed by atoms with E-state index in [0.717, 1.165) is 0 Å². The van der Waals surface area contributed by atoms with Crippen LogP contribution in [0.2, 0.25) is 0 Å². The van der Waals surface area contributed by atoms with E-state index in [1.165, 1.54) is 4.90 Å². The predicted octanol–water partition coefficient (Wildman–Crippen LogP) is 3.23. The van der Waals surface area contributed by atoms with E-state index in [4.69, 9.17) is 15.6 Å². The highest BCUT2D eigenvalue weighted by molar-refractivity contribution is 6.01. The van der Waals surface area contributed by atoms with Gasteiger partial charge in [-0.15, -0.1) is 0 Å². The summed E-state index contributed by atoms with van der Waals surface area (Å²) in [7, 11) is 0. The summed E-state index contributed by atoms with van der Waals surface area (Å²) in [6, 6.07) is 3.43. The summed E-state index contributed by atoms with van der Waals surface area (Å²) in [6.45, 7) is 5.23. The lowest BCUT2D eigenvalue weighted by atomic mass is 9.78. The maximum absolute atomic E-state index is 14.3. The highest BCUT2D eigenvalue weighted by Gasteiger charge is 2.42. The van der Waals surface area contributed by atoms with Gasteiger partial charge in [-0.05, 0) is 63.1 Å². The largest absolute Gasteiger partial charge is 0.481 e. The molecule has 0 bridgehead atoms. The molecule has 4 N–H and O–H groups in total. The number of nitrogens with zero attached hydrogens (tertiary/aromatic N) is 1. The molecule has 3 rings (SSSR count). The minimum Gasteiger partial charge on any atom is -0.481 e. The first-order valence-electron chi connectivity index (χ1n) is 12.0. The molecule has 0 spiro atoms. The molecular weight excluding hydrogens is 476 g/mol. The van der Waals surface area contributed by atoms with E-state index in [2.05, 4.69) is 5.32 Å². The number of fused-ring (bicyclic) bond motifs is 1. The summed E-state index contributed by atoms with van der Waals surface area (Å²) < 4.78 is 33.8. The van der Waals surface area contributed by atoms with Gasteiger partial charge in [0, 0.05) is 37.4 Å². The molecule has 11 heteroatoms. The van der Waals surface area contributed by atoms with Gasteiger partial charge in [0.15, 0.2) is 0 Å². The van der Waals surface area contributed by atoms with Gasteiger partial charge in [0.2, 0.25) is 11.8 Å².